The Morgan fingerprint density at radius 1 is 1.59 bits per heavy atom. The summed E-state index contributed by atoms with van der Waals surface area (Å²) in [4.78, 5) is 35.7. The van der Waals surface area contributed by atoms with Crippen LogP contribution in [0.15, 0.2) is 0 Å². The van der Waals surface area contributed by atoms with E-state index in [2.05, 4.69) is 5.32 Å². The number of nitrogens with zero attached hydrogens (tertiary/aromatic N) is 1. The van der Waals surface area contributed by atoms with Gasteiger partial charge in [0.2, 0.25) is 11.8 Å². The molecular weight excluding hydrogens is 224 g/mol. The number of amides is 2. The average molecular weight is 242 g/mol. The minimum atomic E-state index is -1.16. The molecule has 2 amide bonds. The molecule has 17 heavy (non-hydrogen) atoms. The van der Waals surface area contributed by atoms with Crippen molar-refractivity contribution in [3.63, 3.8) is 0 Å². The Balaban J connectivity index is 2.81. The van der Waals surface area contributed by atoms with E-state index in [0.29, 0.717) is 19.5 Å². The predicted molar refractivity (Wildman–Crippen MR) is 60.2 cm³/mol. The minimum absolute atomic E-state index is 0.191. The molecule has 2 N–H and O–H groups in total. The second kappa shape index (κ2) is 5.65. The molecule has 1 saturated heterocycles. The maximum atomic E-state index is 11.9. The number of nitrogens with one attached hydrogen (secondary N) is 1. The van der Waals surface area contributed by atoms with Gasteiger partial charge in [0.15, 0.2) is 0 Å². The molecule has 1 rings (SSSR count). The Bertz CT molecular complexity index is 329. The lowest BCUT2D eigenvalue weighted by molar-refractivity contribution is -0.155. The lowest BCUT2D eigenvalue weighted by Gasteiger charge is -2.35. The zero-order chi connectivity index (χ0) is 13.0. The van der Waals surface area contributed by atoms with Crippen LogP contribution in [0.2, 0.25) is 0 Å². The van der Waals surface area contributed by atoms with Gasteiger partial charge < -0.3 is 15.3 Å². The van der Waals surface area contributed by atoms with Crippen molar-refractivity contribution in [2.75, 3.05) is 13.1 Å². The number of carboxylic acid groups (broad SMARTS) is 1. The van der Waals surface area contributed by atoms with E-state index in [0.717, 1.165) is 6.42 Å². The van der Waals surface area contributed by atoms with Gasteiger partial charge in [0.25, 0.3) is 0 Å². The zero-order valence-electron chi connectivity index (χ0n) is 10.1. The van der Waals surface area contributed by atoms with E-state index in [-0.39, 0.29) is 5.91 Å². The molecule has 0 aromatic heterocycles. The summed E-state index contributed by atoms with van der Waals surface area (Å²) >= 11 is 0. The van der Waals surface area contributed by atoms with Crippen LogP contribution in [0, 0.1) is 5.92 Å². The van der Waals surface area contributed by atoms with Gasteiger partial charge in [-0.3, -0.25) is 14.4 Å². The van der Waals surface area contributed by atoms with E-state index in [1.807, 2.05) is 6.92 Å². The van der Waals surface area contributed by atoms with Crippen LogP contribution in [0.1, 0.15) is 26.7 Å². The molecule has 0 bridgehead atoms. The van der Waals surface area contributed by atoms with Crippen LogP contribution in [-0.2, 0) is 14.4 Å². The highest BCUT2D eigenvalue weighted by Gasteiger charge is 2.36. The molecule has 2 unspecified atom stereocenters. The van der Waals surface area contributed by atoms with Gasteiger partial charge in [0, 0.05) is 13.1 Å². The molecule has 6 nitrogen and oxygen atoms in total. The summed E-state index contributed by atoms with van der Waals surface area (Å²) in [6, 6.07) is -0.525. The summed E-state index contributed by atoms with van der Waals surface area (Å²) in [5.74, 6) is -2.92. The van der Waals surface area contributed by atoms with Crippen LogP contribution >= 0.6 is 0 Å². The summed E-state index contributed by atoms with van der Waals surface area (Å²) < 4.78 is 0. The fourth-order valence-electron chi connectivity index (χ4n) is 1.89. The lowest BCUT2D eigenvalue weighted by Crippen LogP contribution is -2.58. The van der Waals surface area contributed by atoms with E-state index in [4.69, 9.17) is 5.11 Å². The third-order valence-corrected chi connectivity index (χ3v) is 2.92. The molecule has 1 aliphatic rings. The average Bonchev–Trinajstić information content (AvgIpc) is 2.30. The molecule has 0 saturated carbocycles. The fraction of sp³-hybridized carbons (Fsp3) is 0.727. The van der Waals surface area contributed by atoms with Gasteiger partial charge in [-0.1, -0.05) is 13.3 Å². The van der Waals surface area contributed by atoms with Crippen LogP contribution in [0.3, 0.4) is 0 Å². The normalized spacial score (nSPS) is 21.9. The van der Waals surface area contributed by atoms with E-state index in [1.54, 1.807) is 0 Å². The van der Waals surface area contributed by atoms with Crippen molar-refractivity contribution in [2.45, 2.75) is 32.7 Å². The first-order valence-electron chi connectivity index (χ1n) is 5.80. The minimum Gasteiger partial charge on any atom is -0.481 e. The van der Waals surface area contributed by atoms with E-state index in [1.165, 1.54) is 11.8 Å². The van der Waals surface area contributed by atoms with Crippen molar-refractivity contribution in [1.82, 2.24) is 10.2 Å². The third kappa shape index (κ3) is 2.95. The largest absolute Gasteiger partial charge is 0.481 e. The molecule has 0 aliphatic carbocycles. The smallest absolute Gasteiger partial charge is 0.315 e. The van der Waals surface area contributed by atoms with Crippen LogP contribution in [0.25, 0.3) is 0 Å². The number of hydrogen-bond donors (Lipinski definition) is 2. The third-order valence-electron chi connectivity index (χ3n) is 2.92. The molecule has 1 fully saturated rings. The molecule has 0 radical (unpaired) electrons. The molecule has 96 valence electrons. The van der Waals surface area contributed by atoms with Gasteiger partial charge in [0.05, 0.1) is 0 Å². The van der Waals surface area contributed by atoms with E-state index in [9.17, 15) is 14.4 Å². The fourth-order valence-corrected chi connectivity index (χ4v) is 1.89. The number of carbonyl (C=O) groups is 3. The highest BCUT2D eigenvalue weighted by atomic mass is 16.4. The first-order valence-corrected chi connectivity index (χ1v) is 5.80. The van der Waals surface area contributed by atoms with Crippen molar-refractivity contribution in [3.8, 4) is 0 Å². The molecule has 6 heteroatoms. The Kier molecular flexibility index (Phi) is 4.48. The number of piperazine rings is 1. The quantitative estimate of drug-likeness (QED) is 0.670. The van der Waals surface area contributed by atoms with Gasteiger partial charge in [-0.05, 0) is 13.3 Å². The summed E-state index contributed by atoms with van der Waals surface area (Å²) in [6.45, 7) is 4.04. The van der Waals surface area contributed by atoms with Crippen LogP contribution in [0.5, 0.6) is 0 Å². The van der Waals surface area contributed by atoms with E-state index < -0.39 is 23.8 Å². The number of aliphatic carboxylic acids is 1. The summed E-state index contributed by atoms with van der Waals surface area (Å²) in [6.07, 6.45) is 1.33. The maximum Gasteiger partial charge on any atom is 0.315 e. The monoisotopic (exact) mass is 242 g/mol. The van der Waals surface area contributed by atoms with Gasteiger partial charge in [0.1, 0.15) is 12.0 Å². The van der Waals surface area contributed by atoms with Crippen molar-refractivity contribution >= 4 is 17.8 Å². The van der Waals surface area contributed by atoms with Gasteiger partial charge in [-0.25, -0.2) is 0 Å². The topological polar surface area (TPSA) is 86.7 Å². The lowest BCUT2D eigenvalue weighted by atomic mass is 10.0. The molecule has 0 aromatic rings. The Morgan fingerprint density at radius 3 is 2.76 bits per heavy atom. The molecule has 0 spiro atoms. The second-order valence-electron chi connectivity index (χ2n) is 4.19. The molecular formula is C11H18N2O4. The van der Waals surface area contributed by atoms with Crippen molar-refractivity contribution < 1.29 is 19.5 Å². The van der Waals surface area contributed by atoms with Gasteiger partial charge >= 0.3 is 5.97 Å². The second-order valence-corrected chi connectivity index (χ2v) is 4.19. The summed E-state index contributed by atoms with van der Waals surface area (Å²) in [7, 11) is 0. The Hall–Kier alpha value is -1.59. The highest BCUT2D eigenvalue weighted by Crippen LogP contribution is 2.14. The maximum absolute atomic E-state index is 11.9. The van der Waals surface area contributed by atoms with Crippen LogP contribution < -0.4 is 5.32 Å². The Labute approximate surface area is 100.0 Å². The standard InChI is InChI=1S/C11H18N2O4/c1-3-4-8-9(14)12-5-6-13(8)10(15)7(2)11(16)17/h7-8H,3-6H2,1-2H3,(H,12,14)(H,16,17). The van der Waals surface area contributed by atoms with E-state index >= 15 is 0 Å². The van der Waals surface area contributed by atoms with Crippen LogP contribution in [0.4, 0.5) is 0 Å². The zero-order valence-corrected chi connectivity index (χ0v) is 10.1. The summed E-state index contributed by atoms with van der Waals surface area (Å²) in [5.41, 5.74) is 0. The van der Waals surface area contributed by atoms with Crippen molar-refractivity contribution in [3.05, 3.63) is 0 Å². The molecule has 0 aromatic carbocycles. The summed E-state index contributed by atoms with van der Waals surface area (Å²) in [5, 5.41) is 11.5. The predicted octanol–water partition coefficient (Wildman–Crippen LogP) is -0.166. The number of hydrogen-bond acceptors (Lipinski definition) is 3. The number of rotatable bonds is 4. The number of carbonyl (C=O) groups excluding carboxylic acids is 2. The van der Waals surface area contributed by atoms with Crippen molar-refractivity contribution in [2.24, 2.45) is 5.92 Å². The van der Waals surface area contributed by atoms with Gasteiger partial charge in [-0.2, -0.15) is 0 Å². The van der Waals surface area contributed by atoms with Crippen LogP contribution in [-0.4, -0.2) is 46.9 Å². The van der Waals surface area contributed by atoms with Gasteiger partial charge in [-0.15, -0.1) is 0 Å². The first-order chi connectivity index (χ1) is 7.99. The van der Waals surface area contributed by atoms with Crippen molar-refractivity contribution in [1.29, 1.82) is 0 Å². The molecule has 1 heterocycles. The highest BCUT2D eigenvalue weighted by molar-refractivity contribution is 5.99. The Morgan fingerprint density at radius 2 is 2.24 bits per heavy atom. The SMILES string of the molecule is CCCC1C(=O)NCCN1C(=O)C(C)C(=O)O. The number of carboxylic acids is 1. The molecule has 1 aliphatic heterocycles. The first kappa shape index (κ1) is 13.5. The molecule has 2 atom stereocenters.